The predicted octanol–water partition coefficient (Wildman–Crippen LogP) is 1.05. The van der Waals surface area contributed by atoms with Gasteiger partial charge in [0.1, 0.15) is 0 Å². The minimum absolute atomic E-state index is 0.417. The largest absolute Gasteiger partial charge is 0.354 e. The molecule has 0 saturated heterocycles. The van der Waals surface area contributed by atoms with Crippen molar-refractivity contribution in [2.45, 2.75) is 19.6 Å². The van der Waals surface area contributed by atoms with Gasteiger partial charge in [-0.25, -0.2) is 0 Å². The van der Waals surface area contributed by atoms with Gasteiger partial charge in [-0.1, -0.05) is 0 Å². The molecule has 0 amide bonds. The Kier molecular flexibility index (Phi) is 6.80. The van der Waals surface area contributed by atoms with E-state index in [0.29, 0.717) is 0 Å². The van der Waals surface area contributed by atoms with Gasteiger partial charge in [-0.15, -0.1) is 0 Å². The van der Waals surface area contributed by atoms with Gasteiger partial charge in [0.25, 0.3) is 0 Å². The van der Waals surface area contributed by atoms with Crippen LogP contribution in [0.5, 0.6) is 0 Å². The second-order valence-corrected chi connectivity index (χ2v) is 1.81. The summed E-state index contributed by atoms with van der Waals surface area (Å²) in [6.45, 7) is 3.71. The summed E-state index contributed by atoms with van der Waals surface area (Å²) in [5.41, 5.74) is 0. The molecule has 0 aromatic rings. The molecule has 0 radical (unpaired) electrons. The summed E-state index contributed by atoms with van der Waals surface area (Å²) in [5.74, 6) is -0.417. The second kappa shape index (κ2) is 5.48. The van der Waals surface area contributed by atoms with E-state index >= 15 is 0 Å². The van der Waals surface area contributed by atoms with Crippen LogP contribution in [0.2, 0.25) is 0 Å². The smallest absolute Gasteiger partial charge is 0.161 e. The lowest BCUT2D eigenvalue weighted by atomic mass is 10.4. The van der Waals surface area contributed by atoms with Crippen molar-refractivity contribution < 1.29 is 9.47 Å². The van der Waals surface area contributed by atoms with Crippen molar-refractivity contribution in [3.8, 4) is 0 Å². The summed E-state index contributed by atoms with van der Waals surface area (Å²) >= 11 is 0. The van der Waals surface area contributed by atoms with Crippen molar-refractivity contribution >= 4 is 0 Å². The van der Waals surface area contributed by atoms with Gasteiger partial charge in [-0.05, 0) is 13.8 Å². The van der Waals surface area contributed by atoms with E-state index in [1.54, 1.807) is 14.2 Å². The zero-order valence-corrected chi connectivity index (χ0v) is 6.21. The van der Waals surface area contributed by atoms with Gasteiger partial charge in [0, 0.05) is 25.0 Å². The fourth-order valence-electron chi connectivity index (χ4n) is 0.0833. The Bertz CT molecular complexity index is 74.3. The molecule has 0 spiro atoms. The van der Waals surface area contributed by atoms with Crippen molar-refractivity contribution in [2.24, 2.45) is 0 Å². The van der Waals surface area contributed by atoms with E-state index in [2.05, 4.69) is 0 Å². The molecule has 0 bridgehead atoms. The topological polar surface area (TPSA) is 66.0 Å². The standard InChI is InChI=1S/C5H12O2.N2/c1-5(2,6-3)7-4;1-2/h1-4H3;. The summed E-state index contributed by atoms with van der Waals surface area (Å²) in [7, 11) is 3.23. The Labute approximate surface area is 55.2 Å². The summed E-state index contributed by atoms with van der Waals surface area (Å²) in [6, 6.07) is 0. The molecule has 0 saturated carbocycles. The van der Waals surface area contributed by atoms with E-state index in [9.17, 15) is 0 Å². The molecule has 9 heavy (non-hydrogen) atoms. The highest BCUT2D eigenvalue weighted by Gasteiger charge is 2.11. The Morgan fingerprint density at radius 1 is 1.00 bits per heavy atom. The molecule has 0 atom stereocenters. The van der Waals surface area contributed by atoms with Gasteiger partial charge in [-0.2, -0.15) is 0 Å². The van der Waals surface area contributed by atoms with Gasteiger partial charge in [0.15, 0.2) is 5.79 Å². The van der Waals surface area contributed by atoms with Crippen molar-refractivity contribution in [1.29, 1.82) is 10.8 Å². The van der Waals surface area contributed by atoms with Crippen LogP contribution in [0.25, 0.3) is 0 Å². The summed E-state index contributed by atoms with van der Waals surface area (Å²) in [6.07, 6.45) is 0. The average Bonchev–Trinajstić information content (AvgIpc) is 1.93. The Balaban J connectivity index is 0. The molecule has 54 valence electrons. The highest BCUT2D eigenvalue weighted by atomic mass is 16.7. The van der Waals surface area contributed by atoms with Crippen LogP contribution < -0.4 is 0 Å². The molecule has 0 heterocycles. The van der Waals surface area contributed by atoms with Crippen LogP contribution in [0.3, 0.4) is 0 Å². The molecule has 0 fully saturated rings. The monoisotopic (exact) mass is 132 g/mol. The van der Waals surface area contributed by atoms with Crippen LogP contribution >= 0.6 is 0 Å². The molecule has 0 N–H and O–H groups in total. The molecule has 0 rings (SSSR count). The highest BCUT2D eigenvalue weighted by Crippen LogP contribution is 2.05. The van der Waals surface area contributed by atoms with E-state index in [4.69, 9.17) is 20.3 Å². The summed E-state index contributed by atoms with van der Waals surface area (Å²) in [4.78, 5) is 0. The normalized spacial score (nSPS) is 9.56. The van der Waals surface area contributed by atoms with Crippen LogP contribution in [0.4, 0.5) is 0 Å². The van der Waals surface area contributed by atoms with Crippen molar-refractivity contribution in [3.63, 3.8) is 0 Å². The first-order valence-electron chi connectivity index (χ1n) is 2.42. The first-order valence-corrected chi connectivity index (χ1v) is 2.42. The third-order valence-corrected chi connectivity index (χ3v) is 0.983. The maximum Gasteiger partial charge on any atom is 0.161 e. The molecule has 0 aliphatic heterocycles. The Morgan fingerprint density at radius 2 is 1.22 bits per heavy atom. The Hall–Kier alpha value is -0.660. The third-order valence-electron chi connectivity index (χ3n) is 0.983. The van der Waals surface area contributed by atoms with Crippen molar-refractivity contribution in [3.05, 3.63) is 0 Å². The number of rotatable bonds is 2. The summed E-state index contributed by atoms with van der Waals surface area (Å²) < 4.78 is 9.73. The molecule has 4 nitrogen and oxygen atoms in total. The average molecular weight is 132 g/mol. The number of methoxy groups -OCH3 is 2. The van der Waals surface area contributed by atoms with Crippen LogP contribution in [0.1, 0.15) is 13.8 Å². The number of hydrogen-bond acceptors (Lipinski definition) is 4. The predicted molar refractivity (Wildman–Crippen MR) is 31.5 cm³/mol. The first kappa shape index (κ1) is 11.2. The van der Waals surface area contributed by atoms with Crippen molar-refractivity contribution in [1.82, 2.24) is 0 Å². The van der Waals surface area contributed by atoms with Gasteiger partial charge >= 0.3 is 0 Å². The van der Waals surface area contributed by atoms with Gasteiger partial charge in [0.2, 0.25) is 0 Å². The minimum atomic E-state index is -0.417. The maximum atomic E-state index is 6.00. The number of ether oxygens (including phenoxy) is 2. The molecule has 0 aromatic carbocycles. The molecule has 0 aliphatic carbocycles. The minimum Gasteiger partial charge on any atom is -0.354 e. The Morgan fingerprint density at radius 3 is 1.22 bits per heavy atom. The van der Waals surface area contributed by atoms with Crippen LogP contribution in [0, 0.1) is 10.8 Å². The van der Waals surface area contributed by atoms with E-state index < -0.39 is 5.79 Å². The molecular formula is C5H12N2O2. The molecule has 0 aliphatic rings. The molecular weight excluding hydrogens is 120 g/mol. The van der Waals surface area contributed by atoms with Crippen molar-refractivity contribution in [2.75, 3.05) is 14.2 Å². The number of nitrogens with zero attached hydrogens (tertiary/aromatic N) is 2. The molecule has 0 unspecified atom stereocenters. The highest BCUT2D eigenvalue weighted by molar-refractivity contribution is 4.47. The zero-order valence-electron chi connectivity index (χ0n) is 6.21. The first-order chi connectivity index (χ1) is 4.12. The van der Waals surface area contributed by atoms with Gasteiger partial charge in [0.05, 0.1) is 0 Å². The second-order valence-electron chi connectivity index (χ2n) is 1.81. The fraction of sp³-hybridized carbons (Fsp3) is 1.00. The lowest BCUT2D eigenvalue weighted by Crippen LogP contribution is -2.24. The van der Waals surface area contributed by atoms with E-state index in [0.717, 1.165) is 0 Å². The quantitative estimate of drug-likeness (QED) is 0.416. The molecule has 0 aromatic heterocycles. The maximum absolute atomic E-state index is 6.00. The van der Waals surface area contributed by atoms with Crippen LogP contribution in [-0.2, 0) is 9.47 Å². The lowest BCUT2D eigenvalue weighted by Gasteiger charge is -2.19. The summed E-state index contributed by atoms with van der Waals surface area (Å²) in [5, 5.41) is 12.0. The van der Waals surface area contributed by atoms with E-state index in [1.807, 2.05) is 13.8 Å². The van der Waals surface area contributed by atoms with Crippen LogP contribution in [0.15, 0.2) is 0 Å². The van der Waals surface area contributed by atoms with Gasteiger partial charge < -0.3 is 9.47 Å². The third kappa shape index (κ3) is 7.34. The zero-order chi connectivity index (χ0) is 7.91. The SMILES string of the molecule is COC(C)(C)OC.N#N. The lowest BCUT2D eigenvalue weighted by molar-refractivity contribution is -0.178. The number of hydrogen-bond donors (Lipinski definition) is 0. The fourth-order valence-corrected chi connectivity index (χ4v) is 0.0833. The molecule has 4 heteroatoms. The van der Waals surface area contributed by atoms with Crippen LogP contribution in [-0.4, -0.2) is 20.0 Å². The van der Waals surface area contributed by atoms with Gasteiger partial charge in [-0.3, -0.25) is 0 Å². The van der Waals surface area contributed by atoms with E-state index in [1.165, 1.54) is 0 Å². The van der Waals surface area contributed by atoms with E-state index in [-0.39, 0.29) is 0 Å².